The molecule has 0 aliphatic carbocycles. The second kappa shape index (κ2) is 5.61. The van der Waals surface area contributed by atoms with Gasteiger partial charge in [0.2, 0.25) is 0 Å². The van der Waals surface area contributed by atoms with Gasteiger partial charge in [-0.2, -0.15) is 0 Å². The fraction of sp³-hybridized carbons (Fsp3) is 0.462. The normalized spacial score (nSPS) is 11.0. The number of carbonyl (C=O) groups excluding carboxylic acids is 1. The van der Waals surface area contributed by atoms with E-state index in [0.717, 1.165) is 10.2 Å². The molecule has 1 N–H and O–H groups in total. The Morgan fingerprint density at radius 2 is 1.89 bits per heavy atom. The van der Waals surface area contributed by atoms with Crippen LogP contribution in [0.4, 0.5) is 16.2 Å². The summed E-state index contributed by atoms with van der Waals surface area (Å²) >= 11 is 3.41. The van der Waals surface area contributed by atoms with Crippen molar-refractivity contribution < 1.29 is 9.53 Å². The molecule has 18 heavy (non-hydrogen) atoms. The number of nitrogens with zero attached hydrogens (tertiary/aromatic N) is 1. The number of hydrogen-bond donors (Lipinski definition) is 1. The number of rotatable bonds is 2. The minimum atomic E-state index is -0.500. The molecule has 0 radical (unpaired) electrons. The van der Waals surface area contributed by atoms with Gasteiger partial charge in [0.1, 0.15) is 5.60 Å². The molecule has 0 fully saturated rings. The van der Waals surface area contributed by atoms with Crippen molar-refractivity contribution in [3.05, 3.63) is 22.7 Å². The first-order valence-corrected chi connectivity index (χ1v) is 6.44. The van der Waals surface area contributed by atoms with Gasteiger partial charge in [0.05, 0.1) is 0 Å². The van der Waals surface area contributed by atoms with Gasteiger partial charge in [0.15, 0.2) is 0 Å². The number of carbonyl (C=O) groups is 1. The topological polar surface area (TPSA) is 41.6 Å². The number of nitrogens with one attached hydrogen (secondary N) is 1. The molecule has 0 spiro atoms. The number of hydrogen-bond acceptors (Lipinski definition) is 3. The Hall–Kier alpha value is -1.23. The van der Waals surface area contributed by atoms with E-state index in [1.165, 1.54) is 0 Å². The van der Waals surface area contributed by atoms with Crippen LogP contribution in [-0.2, 0) is 4.74 Å². The van der Waals surface area contributed by atoms with Crippen molar-refractivity contribution in [2.24, 2.45) is 0 Å². The molecule has 1 aromatic rings. The molecular formula is C13H19BrN2O2. The predicted octanol–water partition coefficient (Wildman–Crippen LogP) is 3.86. The highest BCUT2D eigenvalue weighted by molar-refractivity contribution is 9.10. The maximum absolute atomic E-state index is 11.7. The minimum Gasteiger partial charge on any atom is -0.444 e. The summed E-state index contributed by atoms with van der Waals surface area (Å²) in [7, 11) is 3.89. The third-order valence-electron chi connectivity index (χ3n) is 2.04. The van der Waals surface area contributed by atoms with Gasteiger partial charge in [-0.3, -0.25) is 5.32 Å². The summed E-state index contributed by atoms with van der Waals surface area (Å²) in [6.07, 6.45) is -0.453. The molecule has 0 heterocycles. The van der Waals surface area contributed by atoms with E-state index in [-0.39, 0.29) is 0 Å². The van der Waals surface area contributed by atoms with Crippen molar-refractivity contribution in [3.63, 3.8) is 0 Å². The Balaban J connectivity index is 2.82. The van der Waals surface area contributed by atoms with Crippen LogP contribution in [0.2, 0.25) is 0 Å². The molecule has 0 bridgehead atoms. The lowest BCUT2D eigenvalue weighted by Gasteiger charge is -2.20. The van der Waals surface area contributed by atoms with Crippen LogP contribution in [0.3, 0.4) is 0 Å². The Labute approximate surface area is 116 Å². The molecule has 0 atom stereocenters. The summed E-state index contributed by atoms with van der Waals surface area (Å²) in [5, 5.41) is 2.72. The summed E-state index contributed by atoms with van der Waals surface area (Å²) in [5.41, 5.74) is 1.19. The van der Waals surface area contributed by atoms with E-state index in [9.17, 15) is 4.79 Å². The average Bonchev–Trinajstić information content (AvgIpc) is 2.12. The highest BCUT2D eigenvalue weighted by Crippen LogP contribution is 2.25. The molecule has 5 heteroatoms. The van der Waals surface area contributed by atoms with Gasteiger partial charge >= 0.3 is 6.09 Å². The second-order valence-electron chi connectivity index (χ2n) is 5.22. The Kier molecular flexibility index (Phi) is 4.62. The fourth-order valence-electron chi connectivity index (χ4n) is 1.33. The molecular weight excluding hydrogens is 296 g/mol. The van der Waals surface area contributed by atoms with Crippen LogP contribution in [0, 0.1) is 0 Å². The van der Waals surface area contributed by atoms with Gasteiger partial charge in [-0.25, -0.2) is 4.79 Å². The highest BCUT2D eigenvalue weighted by atomic mass is 79.9. The van der Waals surface area contributed by atoms with Crippen LogP contribution >= 0.6 is 15.9 Å². The minimum absolute atomic E-state index is 0.453. The van der Waals surface area contributed by atoms with Gasteiger partial charge in [-0.1, -0.05) is 15.9 Å². The third-order valence-corrected chi connectivity index (χ3v) is 2.50. The molecule has 0 aliphatic heterocycles. The van der Waals surface area contributed by atoms with Crippen molar-refractivity contribution in [3.8, 4) is 0 Å². The average molecular weight is 315 g/mol. The van der Waals surface area contributed by atoms with Crippen molar-refractivity contribution in [2.45, 2.75) is 26.4 Å². The van der Waals surface area contributed by atoms with Gasteiger partial charge in [0.25, 0.3) is 0 Å². The smallest absolute Gasteiger partial charge is 0.412 e. The molecule has 1 rings (SSSR count). The zero-order chi connectivity index (χ0) is 13.9. The van der Waals surface area contributed by atoms with Crippen LogP contribution in [-0.4, -0.2) is 25.8 Å². The molecule has 0 aromatic heterocycles. The number of benzene rings is 1. The lowest BCUT2D eigenvalue weighted by atomic mass is 10.2. The number of amides is 1. The zero-order valence-corrected chi connectivity index (χ0v) is 13.0. The van der Waals surface area contributed by atoms with E-state index >= 15 is 0 Å². The summed E-state index contributed by atoms with van der Waals surface area (Å²) in [4.78, 5) is 13.6. The fourth-order valence-corrected chi connectivity index (χ4v) is 1.81. The first-order valence-electron chi connectivity index (χ1n) is 5.65. The SMILES string of the molecule is CN(C)c1cc(Br)cc(NC(=O)OC(C)(C)C)c1. The number of halogens is 1. The second-order valence-corrected chi connectivity index (χ2v) is 6.14. The van der Waals surface area contributed by atoms with Gasteiger partial charge in [-0.05, 0) is 39.0 Å². The maximum Gasteiger partial charge on any atom is 0.412 e. The molecule has 1 aromatic carbocycles. The maximum atomic E-state index is 11.7. The predicted molar refractivity (Wildman–Crippen MR) is 78.3 cm³/mol. The third kappa shape index (κ3) is 4.96. The van der Waals surface area contributed by atoms with Gasteiger partial charge < -0.3 is 9.64 Å². The van der Waals surface area contributed by atoms with Gasteiger partial charge in [-0.15, -0.1) is 0 Å². The number of ether oxygens (including phenoxy) is 1. The van der Waals surface area contributed by atoms with E-state index < -0.39 is 11.7 Å². The van der Waals surface area contributed by atoms with Crippen LogP contribution in [0.15, 0.2) is 22.7 Å². The largest absolute Gasteiger partial charge is 0.444 e. The number of anilines is 2. The molecule has 0 aliphatic rings. The quantitative estimate of drug-likeness (QED) is 0.901. The molecule has 0 saturated heterocycles. The van der Waals surface area contributed by atoms with E-state index in [0.29, 0.717) is 5.69 Å². The molecule has 0 saturated carbocycles. The molecule has 0 unspecified atom stereocenters. The van der Waals surface area contributed by atoms with Crippen molar-refractivity contribution in [2.75, 3.05) is 24.3 Å². The lowest BCUT2D eigenvalue weighted by Crippen LogP contribution is -2.27. The standard InChI is InChI=1S/C13H19BrN2O2/c1-13(2,3)18-12(17)15-10-6-9(14)7-11(8-10)16(4)5/h6-8H,1-5H3,(H,15,17). The molecule has 1 amide bonds. The van der Waals surface area contributed by atoms with Crippen LogP contribution in [0.25, 0.3) is 0 Å². The summed E-state index contributed by atoms with van der Waals surface area (Å²) in [6.45, 7) is 5.50. The zero-order valence-electron chi connectivity index (χ0n) is 11.4. The lowest BCUT2D eigenvalue weighted by molar-refractivity contribution is 0.0636. The summed E-state index contributed by atoms with van der Waals surface area (Å²) < 4.78 is 6.11. The van der Waals surface area contributed by atoms with Crippen LogP contribution < -0.4 is 10.2 Å². The van der Waals surface area contributed by atoms with Gasteiger partial charge in [0, 0.05) is 29.9 Å². The van der Waals surface area contributed by atoms with Crippen LogP contribution in [0.5, 0.6) is 0 Å². The molecule has 100 valence electrons. The monoisotopic (exact) mass is 314 g/mol. The van der Waals surface area contributed by atoms with E-state index in [2.05, 4.69) is 21.2 Å². The van der Waals surface area contributed by atoms with Crippen molar-refractivity contribution >= 4 is 33.4 Å². The summed E-state index contributed by atoms with van der Waals surface area (Å²) in [6, 6.07) is 5.69. The highest BCUT2D eigenvalue weighted by Gasteiger charge is 2.16. The Bertz CT molecular complexity index is 439. The Morgan fingerprint density at radius 3 is 2.39 bits per heavy atom. The summed E-state index contributed by atoms with van der Waals surface area (Å²) in [5.74, 6) is 0. The van der Waals surface area contributed by atoms with Crippen molar-refractivity contribution in [1.29, 1.82) is 0 Å². The molecule has 4 nitrogen and oxygen atoms in total. The first-order chi connectivity index (χ1) is 8.17. The van der Waals surface area contributed by atoms with Crippen molar-refractivity contribution in [1.82, 2.24) is 0 Å². The Morgan fingerprint density at radius 1 is 1.28 bits per heavy atom. The van der Waals surface area contributed by atoms with E-state index in [1.54, 1.807) is 0 Å². The van der Waals surface area contributed by atoms with E-state index in [1.807, 2.05) is 58.0 Å². The van der Waals surface area contributed by atoms with Crippen LogP contribution in [0.1, 0.15) is 20.8 Å². The first kappa shape index (κ1) is 14.8. The van der Waals surface area contributed by atoms with E-state index in [4.69, 9.17) is 4.74 Å².